The van der Waals surface area contributed by atoms with Crippen molar-refractivity contribution in [1.29, 1.82) is 0 Å². The number of ether oxygens (including phenoxy) is 2. The molecule has 0 unspecified atom stereocenters. The third-order valence-electron chi connectivity index (χ3n) is 2.17. The minimum Gasteiger partial charge on any atom is -0.494 e. The molecule has 90 valence electrons. The Bertz CT molecular complexity index is 380. The molecule has 0 aromatic heterocycles. The van der Waals surface area contributed by atoms with Crippen molar-refractivity contribution in [3.8, 4) is 5.75 Å². The number of methoxy groups -OCH3 is 1. The molecular weight excluding hydrogens is 230 g/mol. The van der Waals surface area contributed by atoms with Crippen LogP contribution in [0.5, 0.6) is 5.75 Å². The van der Waals surface area contributed by atoms with Gasteiger partial charge in [-0.05, 0) is 26.0 Å². The third kappa shape index (κ3) is 2.79. The summed E-state index contributed by atoms with van der Waals surface area (Å²) in [5, 5.41) is 0. The molecular formula is C11H16ClNO3. The van der Waals surface area contributed by atoms with Crippen molar-refractivity contribution in [2.45, 2.75) is 13.8 Å². The van der Waals surface area contributed by atoms with Gasteiger partial charge in [0.25, 0.3) is 0 Å². The van der Waals surface area contributed by atoms with E-state index in [0.29, 0.717) is 23.6 Å². The fourth-order valence-electron chi connectivity index (χ4n) is 1.31. The normalized spacial score (nSPS) is 9.19. The Morgan fingerprint density at radius 3 is 2.56 bits per heavy atom. The lowest BCUT2D eigenvalue weighted by molar-refractivity contribution is 0.0602. The van der Waals surface area contributed by atoms with Gasteiger partial charge in [0, 0.05) is 5.56 Å². The summed E-state index contributed by atoms with van der Waals surface area (Å²) in [5.41, 5.74) is 7.36. The van der Waals surface area contributed by atoms with Crippen LogP contribution in [0, 0.1) is 6.92 Å². The summed E-state index contributed by atoms with van der Waals surface area (Å²) in [5.74, 6) is 0.265. The Balaban J connectivity index is 0.00000225. The first-order chi connectivity index (χ1) is 7.11. The first kappa shape index (κ1) is 14.6. The quantitative estimate of drug-likeness (QED) is 0.655. The highest BCUT2D eigenvalue weighted by atomic mass is 35.5. The van der Waals surface area contributed by atoms with Crippen LogP contribution in [0.25, 0.3) is 0 Å². The van der Waals surface area contributed by atoms with Gasteiger partial charge < -0.3 is 15.2 Å². The van der Waals surface area contributed by atoms with Gasteiger partial charge >= 0.3 is 5.97 Å². The van der Waals surface area contributed by atoms with Crippen molar-refractivity contribution >= 4 is 24.1 Å². The molecule has 0 saturated carbocycles. The van der Waals surface area contributed by atoms with Gasteiger partial charge in [-0.25, -0.2) is 4.79 Å². The number of anilines is 1. The van der Waals surface area contributed by atoms with E-state index in [2.05, 4.69) is 4.74 Å². The number of rotatable bonds is 3. The van der Waals surface area contributed by atoms with E-state index in [0.717, 1.165) is 5.56 Å². The van der Waals surface area contributed by atoms with Gasteiger partial charge in [-0.15, -0.1) is 12.4 Å². The SMILES string of the molecule is CCOc1ccc(C(=O)OC)c(N)c1C.Cl. The first-order valence-corrected chi connectivity index (χ1v) is 4.72. The summed E-state index contributed by atoms with van der Waals surface area (Å²) in [7, 11) is 1.33. The smallest absolute Gasteiger partial charge is 0.339 e. The maximum atomic E-state index is 11.3. The number of esters is 1. The Hall–Kier alpha value is -1.42. The molecule has 0 aliphatic carbocycles. The number of hydrogen-bond donors (Lipinski definition) is 1. The first-order valence-electron chi connectivity index (χ1n) is 4.72. The van der Waals surface area contributed by atoms with Gasteiger partial charge in [-0.2, -0.15) is 0 Å². The Labute approximate surface area is 101 Å². The number of benzene rings is 1. The molecule has 0 bridgehead atoms. The molecule has 0 fully saturated rings. The summed E-state index contributed by atoms with van der Waals surface area (Å²) in [4.78, 5) is 11.3. The largest absolute Gasteiger partial charge is 0.494 e. The second kappa shape index (κ2) is 6.23. The summed E-state index contributed by atoms with van der Waals surface area (Å²) >= 11 is 0. The molecule has 0 saturated heterocycles. The van der Waals surface area contributed by atoms with Crippen LogP contribution in [0.3, 0.4) is 0 Å². The third-order valence-corrected chi connectivity index (χ3v) is 2.17. The predicted octanol–water partition coefficient (Wildman–Crippen LogP) is 2.18. The molecule has 1 aromatic rings. The standard InChI is InChI=1S/C11H15NO3.ClH/c1-4-15-9-6-5-8(11(13)14-3)10(12)7(9)2;/h5-6H,4,12H2,1-3H3;1H. The molecule has 2 N–H and O–H groups in total. The van der Waals surface area contributed by atoms with Crippen LogP contribution in [0.4, 0.5) is 5.69 Å². The van der Waals surface area contributed by atoms with E-state index >= 15 is 0 Å². The number of nitrogens with two attached hydrogens (primary N) is 1. The Kier molecular flexibility index (Phi) is 5.67. The highest BCUT2D eigenvalue weighted by molar-refractivity contribution is 5.96. The van der Waals surface area contributed by atoms with Crippen molar-refractivity contribution in [2.24, 2.45) is 0 Å². The van der Waals surface area contributed by atoms with Crippen LogP contribution in [-0.4, -0.2) is 19.7 Å². The number of nitrogen functional groups attached to an aromatic ring is 1. The average Bonchev–Trinajstić information content (AvgIpc) is 2.24. The van der Waals surface area contributed by atoms with Crippen LogP contribution in [0.2, 0.25) is 0 Å². The maximum absolute atomic E-state index is 11.3. The van der Waals surface area contributed by atoms with E-state index in [1.807, 2.05) is 13.8 Å². The molecule has 0 atom stereocenters. The van der Waals surface area contributed by atoms with Crippen molar-refractivity contribution in [2.75, 3.05) is 19.5 Å². The van der Waals surface area contributed by atoms with Gasteiger partial charge in [-0.3, -0.25) is 0 Å². The zero-order valence-electron chi connectivity index (χ0n) is 9.57. The number of carbonyl (C=O) groups excluding carboxylic acids is 1. The van der Waals surface area contributed by atoms with Gasteiger partial charge in [0.05, 0.1) is 25.0 Å². The Morgan fingerprint density at radius 1 is 1.44 bits per heavy atom. The molecule has 4 nitrogen and oxygen atoms in total. The van der Waals surface area contributed by atoms with E-state index in [1.165, 1.54) is 7.11 Å². The van der Waals surface area contributed by atoms with E-state index in [4.69, 9.17) is 10.5 Å². The van der Waals surface area contributed by atoms with E-state index < -0.39 is 5.97 Å². The van der Waals surface area contributed by atoms with Gasteiger partial charge in [0.2, 0.25) is 0 Å². The number of carbonyl (C=O) groups is 1. The molecule has 0 amide bonds. The van der Waals surface area contributed by atoms with Gasteiger partial charge in [0.1, 0.15) is 5.75 Å². The van der Waals surface area contributed by atoms with Crippen LogP contribution in [0.15, 0.2) is 12.1 Å². The maximum Gasteiger partial charge on any atom is 0.339 e. The summed E-state index contributed by atoms with van der Waals surface area (Å²) in [6, 6.07) is 3.33. The molecule has 1 rings (SSSR count). The van der Waals surface area contributed by atoms with E-state index in [-0.39, 0.29) is 12.4 Å². The lowest BCUT2D eigenvalue weighted by Gasteiger charge is -2.11. The summed E-state index contributed by atoms with van der Waals surface area (Å²) < 4.78 is 9.97. The van der Waals surface area contributed by atoms with Crippen molar-refractivity contribution in [3.63, 3.8) is 0 Å². The summed E-state index contributed by atoms with van der Waals surface area (Å²) in [6.07, 6.45) is 0. The summed E-state index contributed by atoms with van der Waals surface area (Å²) in [6.45, 7) is 4.27. The van der Waals surface area contributed by atoms with Crippen LogP contribution in [-0.2, 0) is 4.74 Å². The second-order valence-corrected chi connectivity index (χ2v) is 3.07. The highest BCUT2D eigenvalue weighted by Crippen LogP contribution is 2.27. The van der Waals surface area contributed by atoms with Crippen LogP contribution >= 0.6 is 12.4 Å². The van der Waals surface area contributed by atoms with Gasteiger partial charge in [0.15, 0.2) is 0 Å². The van der Waals surface area contributed by atoms with Crippen molar-refractivity contribution in [3.05, 3.63) is 23.3 Å². The molecule has 5 heteroatoms. The zero-order chi connectivity index (χ0) is 11.4. The fraction of sp³-hybridized carbons (Fsp3) is 0.364. The average molecular weight is 246 g/mol. The van der Waals surface area contributed by atoms with E-state index in [1.54, 1.807) is 12.1 Å². The monoisotopic (exact) mass is 245 g/mol. The number of halogens is 1. The predicted molar refractivity (Wildman–Crippen MR) is 65.3 cm³/mol. The topological polar surface area (TPSA) is 61.5 Å². The highest BCUT2D eigenvalue weighted by Gasteiger charge is 2.14. The van der Waals surface area contributed by atoms with E-state index in [9.17, 15) is 4.79 Å². The zero-order valence-corrected chi connectivity index (χ0v) is 10.4. The van der Waals surface area contributed by atoms with Crippen LogP contribution < -0.4 is 10.5 Å². The molecule has 1 aromatic carbocycles. The molecule has 0 aliphatic heterocycles. The minimum atomic E-state index is -0.432. The lowest BCUT2D eigenvalue weighted by Crippen LogP contribution is -2.08. The number of hydrogen-bond acceptors (Lipinski definition) is 4. The lowest BCUT2D eigenvalue weighted by atomic mass is 10.1. The minimum absolute atomic E-state index is 0. The van der Waals surface area contributed by atoms with Crippen molar-refractivity contribution < 1.29 is 14.3 Å². The molecule has 0 aliphatic rings. The molecule has 0 radical (unpaired) electrons. The van der Waals surface area contributed by atoms with Gasteiger partial charge in [-0.1, -0.05) is 0 Å². The van der Waals surface area contributed by atoms with Crippen molar-refractivity contribution in [1.82, 2.24) is 0 Å². The second-order valence-electron chi connectivity index (χ2n) is 3.07. The molecule has 16 heavy (non-hydrogen) atoms. The van der Waals surface area contributed by atoms with Crippen LogP contribution in [0.1, 0.15) is 22.8 Å². The Morgan fingerprint density at radius 2 is 2.06 bits per heavy atom. The fourth-order valence-corrected chi connectivity index (χ4v) is 1.31. The molecule has 0 heterocycles. The molecule has 0 spiro atoms.